The fourth-order valence-electron chi connectivity index (χ4n) is 4.08. The maximum atomic E-state index is 12.6. The van der Waals surface area contributed by atoms with Gasteiger partial charge in [-0.15, -0.1) is 0 Å². The van der Waals surface area contributed by atoms with Gasteiger partial charge >= 0.3 is 5.97 Å². The number of carbonyl (C=O) groups excluding carboxylic acids is 2. The molecule has 2 saturated heterocycles. The number of ether oxygens (including phenoxy) is 1. The van der Waals surface area contributed by atoms with Crippen LogP contribution in [0.2, 0.25) is 0 Å². The zero-order chi connectivity index (χ0) is 17.3. The van der Waals surface area contributed by atoms with Crippen LogP contribution in [0.3, 0.4) is 0 Å². The van der Waals surface area contributed by atoms with Crippen molar-refractivity contribution < 1.29 is 24.2 Å². The molecule has 0 aromatic carbocycles. The van der Waals surface area contributed by atoms with Gasteiger partial charge in [0.25, 0.3) is 0 Å². The second-order valence-electron chi connectivity index (χ2n) is 7.44. The van der Waals surface area contributed by atoms with Gasteiger partial charge in [0.05, 0.1) is 12.5 Å². The van der Waals surface area contributed by atoms with Crippen molar-refractivity contribution in [2.75, 3.05) is 39.9 Å². The number of hydrogen-bond donors (Lipinski definition) is 1. The van der Waals surface area contributed by atoms with E-state index in [2.05, 4.69) is 0 Å². The second kappa shape index (κ2) is 6.70. The molecule has 2 amide bonds. The lowest BCUT2D eigenvalue weighted by Crippen LogP contribution is -2.47. The minimum absolute atomic E-state index is 0.0207. The number of likely N-dealkylation sites (tertiary alicyclic amines) is 1. The standard InChI is InChI=1S/C17H26N2O5/c1-18(15(21)13-9-17(13)4-7-24-8-5-17)11-14(20)19-6-2-3-12(10-19)16(22)23/h12-13H,2-11H2,1H3,(H,22,23). The Balaban J connectivity index is 1.51. The minimum atomic E-state index is -0.851. The summed E-state index contributed by atoms with van der Waals surface area (Å²) >= 11 is 0. The van der Waals surface area contributed by atoms with Gasteiger partial charge in [-0.1, -0.05) is 0 Å². The Morgan fingerprint density at radius 3 is 2.67 bits per heavy atom. The second-order valence-corrected chi connectivity index (χ2v) is 7.44. The van der Waals surface area contributed by atoms with Crippen LogP contribution in [0.5, 0.6) is 0 Å². The lowest BCUT2D eigenvalue weighted by Gasteiger charge is -2.32. The number of hydrogen-bond acceptors (Lipinski definition) is 4. The SMILES string of the molecule is CN(CC(=O)N1CCCC(C(=O)O)C1)C(=O)C1CC12CCOCC2. The molecular weight excluding hydrogens is 312 g/mol. The molecule has 3 aliphatic rings. The quantitative estimate of drug-likeness (QED) is 0.810. The molecule has 0 aromatic heterocycles. The van der Waals surface area contributed by atoms with E-state index in [1.165, 1.54) is 4.90 Å². The molecule has 134 valence electrons. The summed E-state index contributed by atoms with van der Waals surface area (Å²) in [6.45, 7) is 2.30. The molecule has 2 unspecified atom stereocenters. The Morgan fingerprint density at radius 2 is 2.00 bits per heavy atom. The maximum absolute atomic E-state index is 12.6. The van der Waals surface area contributed by atoms with Crippen molar-refractivity contribution in [1.82, 2.24) is 9.80 Å². The van der Waals surface area contributed by atoms with Gasteiger partial charge in [0.15, 0.2) is 0 Å². The molecule has 24 heavy (non-hydrogen) atoms. The zero-order valence-corrected chi connectivity index (χ0v) is 14.2. The van der Waals surface area contributed by atoms with Gasteiger partial charge in [-0.05, 0) is 37.5 Å². The van der Waals surface area contributed by atoms with Crippen molar-refractivity contribution in [2.24, 2.45) is 17.3 Å². The number of nitrogens with zero attached hydrogens (tertiary/aromatic N) is 2. The third-order valence-corrected chi connectivity index (χ3v) is 5.85. The lowest BCUT2D eigenvalue weighted by molar-refractivity contribution is -0.147. The van der Waals surface area contributed by atoms with E-state index in [1.807, 2.05) is 0 Å². The summed E-state index contributed by atoms with van der Waals surface area (Å²) < 4.78 is 5.37. The average molecular weight is 338 g/mol. The van der Waals surface area contributed by atoms with E-state index in [9.17, 15) is 14.4 Å². The lowest BCUT2D eigenvalue weighted by atomic mass is 9.93. The molecule has 1 aliphatic carbocycles. The predicted molar refractivity (Wildman–Crippen MR) is 85.2 cm³/mol. The fourth-order valence-corrected chi connectivity index (χ4v) is 4.08. The fraction of sp³-hybridized carbons (Fsp3) is 0.824. The normalized spacial score (nSPS) is 28.5. The highest BCUT2D eigenvalue weighted by molar-refractivity contribution is 5.88. The third-order valence-electron chi connectivity index (χ3n) is 5.85. The minimum Gasteiger partial charge on any atom is -0.481 e. The van der Waals surface area contributed by atoms with Crippen molar-refractivity contribution in [3.8, 4) is 0 Å². The van der Waals surface area contributed by atoms with E-state index >= 15 is 0 Å². The maximum Gasteiger partial charge on any atom is 0.308 e. The van der Waals surface area contributed by atoms with Gasteiger partial charge in [-0.3, -0.25) is 14.4 Å². The number of carboxylic acids is 1. The summed E-state index contributed by atoms with van der Waals surface area (Å²) in [6.07, 6.45) is 4.07. The van der Waals surface area contributed by atoms with Crippen LogP contribution < -0.4 is 0 Å². The largest absolute Gasteiger partial charge is 0.481 e. The highest BCUT2D eigenvalue weighted by Crippen LogP contribution is 2.59. The van der Waals surface area contributed by atoms with E-state index in [0.29, 0.717) is 19.4 Å². The zero-order valence-electron chi connectivity index (χ0n) is 14.2. The summed E-state index contributed by atoms with van der Waals surface area (Å²) in [6, 6.07) is 0. The number of aliphatic carboxylic acids is 1. The first kappa shape index (κ1) is 17.2. The van der Waals surface area contributed by atoms with Gasteiger partial charge in [0.2, 0.25) is 11.8 Å². The van der Waals surface area contributed by atoms with Gasteiger partial charge in [-0.2, -0.15) is 0 Å². The van der Waals surface area contributed by atoms with Crippen molar-refractivity contribution >= 4 is 17.8 Å². The smallest absolute Gasteiger partial charge is 0.308 e. The number of amides is 2. The molecule has 2 heterocycles. The average Bonchev–Trinajstić information content (AvgIpc) is 3.27. The van der Waals surface area contributed by atoms with E-state index in [0.717, 1.165) is 32.5 Å². The molecule has 2 atom stereocenters. The topological polar surface area (TPSA) is 87.2 Å². The number of piperidine rings is 1. The highest BCUT2D eigenvalue weighted by Gasteiger charge is 2.58. The number of likely N-dealkylation sites (N-methyl/N-ethyl adjacent to an activating group) is 1. The number of rotatable bonds is 4. The van der Waals surface area contributed by atoms with E-state index in [4.69, 9.17) is 9.84 Å². The first-order valence-electron chi connectivity index (χ1n) is 8.76. The molecule has 0 radical (unpaired) electrons. The summed E-state index contributed by atoms with van der Waals surface area (Å²) in [5, 5.41) is 9.12. The van der Waals surface area contributed by atoms with Crippen LogP contribution in [0.25, 0.3) is 0 Å². The van der Waals surface area contributed by atoms with E-state index < -0.39 is 11.9 Å². The Labute approximate surface area is 141 Å². The molecule has 1 saturated carbocycles. The molecule has 7 nitrogen and oxygen atoms in total. The molecule has 0 aromatic rings. The van der Waals surface area contributed by atoms with Crippen molar-refractivity contribution in [2.45, 2.75) is 32.1 Å². The number of carboxylic acid groups (broad SMARTS) is 1. The van der Waals surface area contributed by atoms with Gasteiger partial charge < -0.3 is 19.6 Å². The molecule has 7 heteroatoms. The first-order chi connectivity index (χ1) is 11.4. The Bertz CT molecular complexity index is 529. The van der Waals surface area contributed by atoms with Gasteiger partial charge in [0.1, 0.15) is 0 Å². The molecule has 1 spiro atoms. The Hall–Kier alpha value is -1.63. The van der Waals surface area contributed by atoms with Crippen molar-refractivity contribution in [3.63, 3.8) is 0 Å². The first-order valence-corrected chi connectivity index (χ1v) is 8.76. The van der Waals surface area contributed by atoms with Crippen LogP contribution in [0, 0.1) is 17.3 Å². The van der Waals surface area contributed by atoms with Crippen LogP contribution in [0.4, 0.5) is 0 Å². The number of carbonyl (C=O) groups is 3. The molecule has 0 bridgehead atoms. The van der Waals surface area contributed by atoms with Crippen LogP contribution in [-0.2, 0) is 19.1 Å². The van der Waals surface area contributed by atoms with Crippen LogP contribution in [0.1, 0.15) is 32.1 Å². The summed E-state index contributed by atoms with van der Waals surface area (Å²) in [5.74, 6) is -1.43. The van der Waals surface area contributed by atoms with Crippen LogP contribution >= 0.6 is 0 Å². The van der Waals surface area contributed by atoms with Crippen molar-refractivity contribution in [3.05, 3.63) is 0 Å². The highest BCUT2D eigenvalue weighted by atomic mass is 16.5. The third kappa shape index (κ3) is 3.41. The Morgan fingerprint density at radius 1 is 1.29 bits per heavy atom. The summed E-state index contributed by atoms with van der Waals surface area (Å²) in [5.41, 5.74) is 0.103. The summed E-state index contributed by atoms with van der Waals surface area (Å²) in [4.78, 5) is 39.2. The molecule has 3 rings (SSSR count). The van der Waals surface area contributed by atoms with Crippen LogP contribution in [-0.4, -0.2) is 72.6 Å². The van der Waals surface area contributed by atoms with Gasteiger partial charge in [-0.25, -0.2) is 0 Å². The van der Waals surface area contributed by atoms with E-state index in [1.54, 1.807) is 11.9 Å². The monoisotopic (exact) mass is 338 g/mol. The summed E-state index contributed by atoms with van der Waals surface area (Å²) in [7, 11) is 1.67. The molecule has 1 N–H and O–H groups in total. The molecule has 3 fully saturated rings. The van der Waals surface area contributed by atoms with E-state index in [-0.39, 0.29) is 36.2 Å². The Kier molecular flexibility index (Phi) is 4.80. The molecular formula is C17H26N2O5. The van der Waals surface area contributed by atoms with Gasteiger partial charge in [0, 0.05) is 39.3 Å². The van der Waals surface area contributed by atoms with Crippen LogP contribution in [0.15, 0.2) is 0 Å². The van der Waals surface area contributed by atoms with Crippen molar-refractivity contribution in [1.29, 1.82) is 0 Å². The molecule has 2 aliphatic heterocycles. The predicted octanol–water partition coefficient (Wildman–Crippen LogP) is 0.585.